The Kier molecular flexibility index (Phi) is 10.3. The van der Waals surface area contributed by atoms with Crippen molar-refractivity contribution in [2.45, 2.75) is 64.2 Å². The molecule has 2 nitrogen and oxygen atoms in total. The van der Waals surface area contributed by atoms with Gasteiger partial charge in [0.05, 0.1) is 5.52 Å². The summed E-state index contributed by atoms with van der Waals surface area (Å²) in [5.41, 5.74) is 9.73. The molecule has 0 spiro atoms. The molecule has 1 heterocycles. The molecule has 1 aromatic heterocycles. The van der Waals surface area contributed by atoms with Gasteiger partial charge >= 0.3 is 0 Å². The topological polar surface area (TPSA) is 25.8 Å². The van der Waals surface area contributed by atoms with Crippen LogP contribution in [0.2, 0.25) is 0 Å². The van der Waals surface area contributed by atoms with E-state index in [1.807, 2.05) is 6.20 Å². The summed E-state index contributed by atoms with van der Waals surface area (Å²) >= 11 is 0. The average molecular weight is 625 g/mol. The molecule has 7 rings (SSSR count). The van der Waals surface area contributed by atoms with Gasteiger partial charge in [0.25, 0.3) is 0 Å². The first-order valence-electron chi connectivity index (χ1n) is 17.8. The zero-order chi connectivity index (χ0) is 32.4. The van der Waals surface area contributed by atoms with Crippen molar-refractivity contribution in [1.82, 2.24) is 9.97 Å². The fourth-order valence-corrected chi connectivity index (χ4v) is 6.83. The minimum absolute atomic E-state index is 0.759. The molecule has 0 saturated carbocycles. The fraction of sp³-hybridized carbons (Fsp3) is 0.217. The highest BCUT2D eigenvalue weighted by Crippen LogP contribution is 2.30. The second-order valence-corrected chi connectivity index (χ2v) is 13.1. The van der Waals surface area contributed by atoms with Crippen molar-refractivity contribution >= 4 is 21.7 Å². The summed E-state index contributed by atoms with van der Waals surface area (Å²) in [5, 5.41) is 3.55. The van der Waals surface area contributed by atoms with Crippen molar-refractivity contribution in [1.29, 1.82) is 0 Å². The number of nitrogens with zero attached hydrogens (tertiary/aromatic N) is 2. The maximum Gasteiger partial charge on any atom is 0.159 e. The standard InChI is InChI=1S/C46H44N2/c1(3-5-8-16-35-17-10-7-11-18-35)2-4-6-9-19-36-20-14-23-38(30-36)40-24-15-25-43(32-40)46-47-34-44-33-42(28-29-45(44)48-46)41-27-26-37-21-12-13-22-39(37)31-41/h7,10-15,17-18,20-34H,1-6,8-9,16,19H2. The monoisotopic (exact) mass is 624 g/mol. The van der Waals surface area contributed by atoms with Gasteiger partial charge in [-0.05, 0) is 94.1 Å². The Morgan fingerprint density at radius 2 is 0.917 bits per heavy atom. The molecular weight excluding hydrogens is 581 g/mol. The minimum Gasteiger partial charge on any atom is -0.236 e. The molecule has 0 fully saturated rings. The highest BCUT2D eigenvalue weighted by molar-refractivity contribution is 5.90. The Balaban J connectivity index is 0.922. The molecule has 0 saturated heterocycles. The Hall–Kier alpha value is -5.08. The maximum absolute atomic E-state index is 4.97. The Morgan fingerprint density at radius 1 is 0.354 bits per heavy atom. The first kappa shape index (κ1) is 31.5. The van der Waals surface area contributed by atoms with Crippen LogP contribution in [0.1, 0.15) is 62.5 Å². The lowest BCUT2D eigenvalue weighted by Gasteiger charge is -2.09. The van der Waals surface area contributed by atoms with Crippen LogP contribution in [0, 0.1) is 0 Å². The highest BCUT2D eigenvalue weighted by Gasteiger charge is 2.08. The van der Waals surface area contributed by atoms with Gasteiger partial charge in [-0.2, -0.15) is 0 Å². The van der Waals surface area contributed by atoms with Crippen LogP contribution in [0.5, 0.6) is 0 Å². The lowest BCUT2D eigenvalue weighted by molar-refractivity contribution is 0.567. The van der Waals surface area contributed by atoms with Gasteiger partial charge in [0.15, 0.2) is 5.82 Å². The SMILES string of the molecule is c1ccc(CCCCCCCCCCc2cccc(-c3cccc(-c4ncc5cc(-c6ccc7ccccc7c6)ccc5n4)c3)c2)cc1. The fourth-order valence-electron chi connectivity index (χ4n) is 6.83. The molecule has 7 aromatic rings. The molecule has 238 valence electrons. The summed E-state index contributed by atoms with van der Waals surface area (Å²) in [5.74, 6) is 0.759. The van der Waals surface area contributed by atoms with Gasteiger partial charge in [-0.25, -0.2) is 9.97 Å². The summed E-state index contributed by atoms with van der Waals surface area (Å²) in [4.78, 5) is 9.77. The first-order valence-corrected chi connectivity index (χ1v) is 17.8. The van der Waals surface area contributed by atoms with Gasteiger partial charge in [0.1, 0.15) is 0 Å². The largest absolute Gasteiger partial charge is 0.236 e. The average Bonchev–Trinajstić information content (AvgIpc) is 3.15. The van der Waals surface area contributed by atoms with E-state index in [0.717, 1.165) is 28.7 Å². The van der Waals surface area contributed by atoms with Crippen molar-refractivity contribution < 1.29 is 0 Å². The number of unbranched alkanes of at least 4 members (excludes halogenated alkanes) is 7. The van der Waals surface area contributed by atoms with Crippen LogP contribution in [0.25, 0.3) is 55.3 Å². The maximum atomic E-state index is 4.97. The third-order valence-electron chi connectivity index (χ3n) is 9.57. The predicted molar refractivity (Wildman–Crippen MR) is 204 cm³/mol. The number of aryl methyl sites for hydroxylation is 2. The van der Waals surface area contributed by atoms with Gasteiger partial charge in [0, 0.05) is 17.1 Å². The lowest BCUT2D eigenvalue weighted by Crippen LogP contribution is -1.92. The van der Waals surface area contributed by atoms with E-state index in [4.69, 9.17) is 9.97 Å². The predicted octanol–water partition coefficient (Wildman–Crippen LogP) is 12.7. The number of rotatable bonds is 14. The number of benzene rings is 6. The molecular formula is C46H44N2. The molecule has 0 bridgehead atoms. The van der Waals surface area contributed by atoms with Gasteiger partial charge in [-0.1, -0.05) is 154 Å². The van der Waals surface area contributed by atoms with Gasteiger partial charge in [-0.15, -0.1) is 0 Å². The second-order valence-electron chi connectivity index (χ2n) is 13.1. The smallest absolute Gasteiger partial charge is 0.159 e. The normalized spacial score (nSPS) is 11.3. The second kappa shape index (κ2) is 15.7. The molecule has 0 aliphatic heterocycles. The van der Waals surface area contributed by atoms with E-state index in [0.29, 0.717) is 0 Å². The molecule has 0 amide bonds. The molecule has 48 heavy (non-hydrogen) atoms. The van der Waals surface area contributed by atoms with Crippen LogP contribution in [0.3, 0.4) is 0 Å². The first-order chi connectivity index (χ1) is 23.8. The Bertz CT molecular complexity index is 2100. The van der Waals surface area contributed by atoms with E-state index >= 15 is 0 Å². The van der Waals surface area contributed by atoms with E-state index in [2.05, 4.69) is 140 Å². The van der Waals surface area contributed by atoms with E-state index < -0.39 is 0 Å². The summed E-state index contributed by atoms with van der Waals surface area (Å²) in [7, 11) is 0. The van der Waals surface area contributed by atoms with Crippen molar-refractivity contribution in [3.05, 3.63) is 157 Å². The lowest BCUT2D eigenvalue weighted by atomic mass is 9.98. The molecule has 2 heteroatoms. The summed E-state index contributed by atoms with van der Waals surface area (Å²) in [6, 6.07) is 50.2. The highest BCUT2D eigenvalue weighted by atomic mass is 14.9. The van der Waals surface area contributed by atoms with Crippen LogP contribution in [0.4, 0.5) is 0 Å². The quantitative estimate of drug-likeness (QED) is 0.113. The van der Waals surface area contributed by atoms with Crippen molar-refractivity contribution in [3.63, 3.8) is 0 Å². The summed E-state index contributed by atoms with van der Waals surface area (Å²) < 4.78 is 0. The van der Waals surface area contributed by atoms with Crippen LogP contribution in [-0.4, -0.2) is 9.97 Å². The Labute approximate surface area is 285 Å². The van der Waals surface area contributed by atoms with Crippen LogP contribution in [0.15, 0.2) is 146 Å². The van der Waals surface area contributed by atoms with Crippen LogP contribution < -0.4 is 0 Å². The van der Waals surface area contributed by atoms with Gasteiger partial charge in [-0.3, -0.25) is 0 Å². The summed E-state index contributed by atoms with van der Waals surface area (Å²) in [6.45, 7) is 0. The van der Waals surface area contributed by atoms with Crippen LogP contribution in [-0.2, 0) is 12.8 Å². The molecule has 0 radical (unpaired) electrons. The summed E-state index contributed by atoms with van der Waals surface area (Å²) in [6.07, 6.45) is 15.0. The third-order valence-corrected chi connectivity index (χ3v) is 9.57. The van der Waals surface area contributed by atoms with E-state index in [9.17, 15) is 0 Å². The molecule has 6 aromatic carbocycles. The van der Waals surface area contributed by atoms with Crippen molar-refractivity contribution in [2.75, 3.05) is 0 Å². The van der Waals surface area contributed by atoms with Gasteiger partial charge < -0.3 is 0 Å². The van der Waals surface area contributed by atoms with Crippen LogP contribution >= 0.6 is 0 Å². The Morgan fingerprint density at radius 3 is 1.71 bits per heavy atom. The molecule has 0 N–H and O–H groups in total. The van der Waals surface area contributed by atoms with E-state index in [1.165, 1.54) is 102 Å². The molecule has 0 aliphatic rings. The number of hydrogen-bond acceptors (Lipinski definition) is 2. The number of aromatic nitrogens is 2. The van der Waals surface area contributed by atoms with Gasteiger partial charge in [0.2, 0.25) is 0 Å². The zero-order valence-electron chi connectivity index (χ0n) is 27.8. The van der Waals surface area contributed by atoms with Crippen molar-refractivity contribution in [3.8, 4) is 33.6 Å². The van der Waals surface area contributed by atoms with Crippen molar-refractivity contribution in [2.24, 2.45) is 0 Å². The van der Waals surface area contributed by atoms with E-state index in [1.54, 1.807) is 0 Å². The molecule has 0 aliphatic carbocycles. The number of fused-ring (bicyclic) bond motifs is 2. The number of hydrogen-bond donors (Lipinski definition) is 0. The third kappa shape index (κ3) is 8.06. The van der Waals surface area contributed by atoms with E-state index in [-0.39, 0.29) is 0 Å². The minimum atomic E-state index is 0.759. The molecule has 0 unspecified atom stereocenters. The molecule has 0 atom stereocenters. The zero-order valence-corrected chi connectivity index (χ0v) is 27.8.